The molecule has 0 aromatic carbocycles. The first kappa shape index (κ1) is 13.9. The predicted molar refractivity (Wildman–Crippen MR) is 64.7 cm³/mol. The van der Waals surface area contributed by atoms with Crippen molar-refractivity contribution in [1.29, 1.82) is 0 Å². The molecule has 3 unspecified atom stereocenters. The minimum atomic E-state index is 0.669. The second-order valence-electron chi connectivity index (χ2n) is 4.36. The van der Waals surface area contributed by atoms with Gasteiger partial charge in [-0.15, -0.1) is 0 Å². The molecule has 0 rings (SSSR count). The number of nitrogens with zero attached hydrogens (tertiary/aromatic N) is 1. The smallest absolute Gasteiger partial charge is 0.0107 e. The van der Waals surface area contributed by atoms with E-state index in [1.807, 2.05) is 7.05 Å². The van der Waals surface area contributed by atoms with Gasteiger partial charge in [-0.1, -0.05) is 20.8 Å². The van der Waals surface area contributed by atoms with Crippen LogP contribution in [0.3, 0.4) is 0 Å². The van der Waals surface area contributed by atoms with Crippen molar-refractivity contribution < 1.29 is 0 Å². The molecule has 0 fully saturated rings. The van der Waals surface area contributed by atoms with Gasteiger partial charge in [0.05, 0.1) is 0 Å². The predicted octanol–water partition coefficient (Wildman–Crippen LogP) is 2.35. The molecule has 14 heavy (non-hydrogen) atoms. The maximum atomic E-state index is 3.26. The Morgan fingerprint density at radius 2 is 1.71 bits per heavy atom. The fourth-order valence-electron chi connectivity index (χ4n) is 2.05. The van der Waals surface area contributed by atoms with Crippen LogP contribution in [0, 0.1) is 5.92 Å². The summed E-state index contributed by atoms with van der Waals surface area (Å²) in [7, 11) is 2.03. The lowest BCUT2D eigenvalue weighted by Crippen LogP contribution is -2.45. The van der Waals surface area contributed by atoms with Crippen LogP contribution < -0.4 is 5.32 Å². The molecule has 0 aromatic rings. The molecule has 86 valence electrons. The molecule has 0 spiro atoms. The van der Waals surface area contributed by atoms with Crippen molar-refractivity contribution in [1.82, 2.24) is 10.2 Å². The minimum absolute atomic E-state index is 0.669. The van der Waals surface area contributed by atoms with E-state index in [0.717, 1.165) is 13.1 Å². The van der Waals surface area contributed by atoms with E-state index in [-0.39, 0.29) is 0 Å². The zero-order valence-corrected chi connectivity index (χ0v) is 10.8. The summed E-state index contributed by atoms with van der Waals surface area (Å²) in [6.45, 7) is 13.8. The monoisotopic (exact) mass is 200 g/mol. The molecule has 0 heterocycles. The molecule has 0 aliphatic heterocycles. The average molecular weight is 200 g/mol. The van der Waals surface area contributed by atoms with Crippen LogP contribution in [0.25, 0.3) is 0 Å². The third kappa shape index (κ3) is 3.97. The van der Waals surface area contributed by atoms with Gasteiger partial charge in [0.15, 0.2) is 0 Å². The van der Waals surface area contributed by atoms with E-state index in [4.69, 9.17) is 0 Å². The zero-order valence-electron chi connectivity index (χ0n) is 10.8. The van der Waals surface area contributed by atoms with Crippen molar-refractivity contribution in [3.05, 3.63) is 0 Å². The van der Waals surface area contributed by atoms with Crippen LogP contribution in [0.5, 0.6) is 0 Å². The van der Waals surface area contributed by atoms with E-state index in [9.17, 15) is 0 Å². The first-order valence-electron chi connectivity index (χ1n) is 5.98. The molecule has 0 aliphatic rings. The molecule has 2 nitrogen and oxygen atoms in total. The zero-order chi connectivity index (χ0) is 11.1. The summed E-state index contributed by atoms with van der Waals surface area (Å²) in [6, 6.07) is 1.37. The Labute approximate surface area is 90.1 Å². The number of nitrogens with one attached hydrogen (secondary N) is 1. The first-order valence-corrected chi connectivity index (χ1v) is 5.98. The van der Waals surface area contributed by atoms with E-state index >= 15 is 0 Å². The molecule has 3 atom stereocenters. The lowest BCUT2D eigenvalue weighted by Gasteiger charge is -2.36. The van der Waals surface area contributed by atoms with Gasteiger partial charge in [0.2, 0.25) is 0 Å². The Balaban J connectivity index is 4.21. The van der Waals surface area contributed by atoms with Gasteiger partial charge in [-0.3, -0.25) is 4.90 Å². The SMILES string of the molecule is CCC(C)N(CC)C(C)C(C)CNC. The standard InChI is InChI=1S/C12H28N2/c1-7-11(4)14(8-2)12(5)10(3)9-13-6/h10-13H,7-9H2,1-6H3. The summed E-state index contributed by atoms with van der Waals surface area (Å²) in [5.41, 5.74) is 0. The van der Waals surface area contributed by atoms with Gasteiger partial charge < -0.3 is 5.32 Å². The van der Waals surface area contributed by atoms with Crippen LogP contribution in [0.1, 0.15) is 41.0 Å². The first-order chi connectivity index (χ1) is 6.58. The molecule has 0 aliphatic carbocycles. The van der Waals surface area contributed by atoms with Crippen LogP contribution in [0.15, 0.2) is 0 Å². The van der Waals surface area contributed by atoms with Gasteiger partial charge >= 0.3 is 0 Å². The van der Waals surface area contributed by atoms with E-state index in [2.05, 4.69) is 44.8 Å². The van der Waals surface area contributed by atoms with Crippen LogP contribution >= 0.6 is 0 Å². The number of hydrogen-bond donors (Lipinski definition) is 1. The Kier molecular flexibility index (Phi) is 7.20. The largest absolute Gasteiger partial charge is 0.319 e. The summed E-state index contributed by atoms with van der Waals surface area (Å²) in [5, 5.41) is 3.26. The van der Waals surface area contributed by atoms with E-state index in [0.29, 0.717) is 18.0 Å². The van der Waals surface area contributed by atoms with Gasteiger partial charge in [-0.05, 0) is 46.3 Å². The topological polar surface area (TPSA) is 15.3 Å². The molecule has 0 radical (unpaired) electrons. The molecule has 0 bridgehead atoms. The second-order valence-corrected chi connectivity index (χ2v) is 4.36. The highest BCUT2D eigenvalue weighted by Crippen LogP contribution is 2.15. The molecule has 0 saturated heterocycles. The third-order valence-corrected chi connectivity index (χ3v) is 3.39. The molecule has 0 aromatic heterocycles. The van der Waals surface area contributed by atoms with Crippen LogP contribution in [-0.4, -0.2) is 37.1 Å². The number of rotatable bonds is 7. The van der Waals surface area contributed by atoms with Crippen molar-refractivity contribution in [2.45, 2.75) is 53.1 Å². The second kappa shape index (κ2) is 7.24. The third-order valence-electron chi connectivity index (χ3n) is 3.39. The molecule has 0 amide bonds. The van der Waals surface area contributed by atoms with Gasteiger partial charge in [-0.2, -0.15) is 0 Å². The molecular formula is C12H28N2. The van der Waals surface area contributed by atoms with Crippen molar-refractivity contribution in [2.75, 3.05) is 20.1 Å². The summed E-state index contributed by atoms with van der Waals surface area (Å²) in [4.78, 5) is 2.60. The molecule has 1 N–H and O–H groups in total. The van der Waals surface area contributed by atoms with Gasteiger partial charge in [-0.25, -0.2) is 0 Å². The van der Waals surface area contributed by atoms with E-state index in [1.54, 1.807) is 0 Å². The van der Waals surface area contributed by atoms with Crippen LogP contribution in [-0.2, 0) is 0 Å². The fourth-order valence-corrected chi connectivity index (χ4v) is 2.05. The van der Waals surface area contributed by atoms with Crippen molar-refractivity contribution in [3.8, 4) is 0 Å². The minimum Gasteiger partial charge on any atom is -0.319 e. The summed E-state index contributed by atoms with van der Waals surface area (Å²) in [6.07, 6.45) is 1.24. The normalized spacial score (nSPS) is 18.2. The molecule has 0 saturated carbocycles. The lowest BCUT2D eigenvalue weighted by atomic mass is 10.00. The van der Waals surface area contributed by atoms with Crippen molar-refractivity contribution >= 4 is 0 Å². The Morgan fingerprint density at radius 1 is 1.14 bits per heavy atom. The summed E-state index contributed by atoms with van der Waals surface area (Å²) >= 11 is 0. The van der Waals surface area contributed by atoms with Gasteiger partial charge in [0.1, 0.15) is 0 Å². The van der Waals surface area contributed by atoms with Crippen LogP contribution in [0.4, 0.5) is 0 Å². The fraction of sp³-hybridized carbons (Fsp3) is 1.00. The highest BCUT2D eigenvalue weighted by atomic mass is 15.2. The van der Waals surface area contributed by atoms with Crippen molar-refractivity contribution in [3.63, 3.8) is 0 Å². The van der Waals surface area contributed by atoms with E-state index in [1.165, 1.54) is 6.42 Å². The van der Waals surface area contributed by atoms with Crippen molar-refractivity contribution in [2.24, 2.45) is 5.92 Å². The Bertz CT molecular complexity index is 136. The molecule has 2 heteroatoms. The number of hydrogen-bond acceptors (Lipinski definition) is 2. The lowest BCUT2D eigenvalue weighted by molar-refractivity contribution is 0.120. The maximum absolute atomic E-state index is 3.26. The summed E-state index contributed by atoms with van der Waals surface area (Å²) in [5.74, 6) is 0.717. The molecular weight excluding hydrogens is 172 g/mol. The van der Waals surface area contributed by atoms with E-state index < -0.39 is 0 Å². The highest BCUT2D eigenvalue weighted by molar-refractivity contribution is 4.76. The Hall–Kier alpha value is -0.0800. The highest BCUT2D eigenvalue weighted by Gasteiger charge is 2.21. The quantitative estimate of drug-likeness (QED) is 0.678. The van der Waals surface area contributed by atoms with Crippen LogP contribution in [0.2, 0.25) is 0 Å². The summed E-state index contributed by atoms with van der Waals surface area (Å²) < 4.78 is 0. The van der Waals surface area contributed by atoms with Gasteiger partial charge in [0, 0.05) is 12.1 Å². The maximum Gasteiger partial charge on any atom is 0.0107 e. The Morgan fingerprint density at radius 3 is 2.07 bits per heavy atom. The van der Waals surface area contributed by atoms with Gasteiger partial charge in [0.25, 0.3) is 0 Å². The average Bonchev–Trinajstić information content (AvgIpc) is 2.18.